The fourth-order valence-electron chi connectivity index (χ4n) is 2.19. The van der Waals surface area contributed by atoms with Gasteiger partial charge in [0.05, 0.1) is 10.7 Å². The molecule has 1 fully saturated rings. The van der Waals surface area contributed by atoms with Gasteiger partial charge in [0, 0.05) is 10.4 Å². The maximum Gasteiger partial charge on any atom is 0.103 e. The van der Waals surface area contributed by atoms with Crippen LogP contribution in [0.3, 0.4) is 0 Å². The van der Waals surface area contributed by atoms with E-state index >= 15 is 0 Å². The zero-order valence-corrected chi connectivity index (χ0v) is 12.0. The molecule has 1 aromatic carbocycles. The molecule has 17 heavy (non-hydrogen) atoms. The summed E-state index contributed by atoms with van der Waals surface area (Å²) < 4.78 is 0.858. The molecule has 2 N–H and O–H groups in total. The summed E-state index contributed by atoms with van der Waals surface area (Å²) in [4.78, 5) is 4.49. The molecule has 0 aliphatic heterocycles. The van der Waals surface area contributed by atoms with Gasteiger partial charge in [0.2, 0.25) is 0 Å². The van der Waals surface area contributed by atoms with E-state index in [0.29, 0.717) is 10.9 Å². The standard InChI is InChI=1S/C13H16BrClN2/c14-11-8-10(6-7-12(11)15)17-13(16)9-4-2-1-3-5-9/h6-9H,1-5H2,(H2,16,17). The number of rotatable bonds is 2. The summed E-state index contributed by atoms with van der Waals surface area (Å²) in [5.41, 5.74) is 6.94. The summed E-state index contributed by atoms with van der Waals surface area (Å²) in [7, 11) is 0. The van der Waals surface area contributed by atoms with Crippen LogP contribution < -0.4 is 5.73 Å². The Morgan fingerprint density at radius 3 is 2.65 bits per heavy atom. The van der Waals surface area contributed by atoms with Crippen LogP contribution in [-0.2, 0) is 0 Å². The van der Waals surface area contributed by atoms with Crippen molar-refractivity contribution in [3.8, 4) is 0 Å². The number of halogens is 2. The Bertz CT molecular complexity index is 425. The Morgan fingerprint density at radius 1 is 1.29 bits per heavy atom. The van der Waals surface area contributed by atoms with Crippen LogP contribution in [0, 0.1) is 5.92 Å². The smallest absolute Gasteiger partial charge is 0.103 e. The summed E-state index contributed by atoms with van der Waals surface area (Å²) in [6, 6.07) is 5.62. The third kappa shape index (κ3) is 3.46. The lowest BCUT2D eigenvalue weighted by atomic mass is 9.88. The van der Waals surface area contributed by atoms with Crippen molar-refractivity contribution in [2.75, 3.05) is 0 Å². The van der Waals surface area contributed by atoms with E-state index in [1.54, 1.807) is 0 Å². The Labute approximate surface area is 115 Å². The monoisotopic (exact) mass is 314 g/mol. The summed E-state index contributed by atoms with van der Waals surface area (Å²) in [5.74, 6) is 1.22. The SMILES string of the molecule is NC(=Nc1ccc(Cl)c(Br)c1)C1CCCCC1. The van der Waals surface area contributed by atoms with Crippen LogP contribution >= 0.6 is 27.5 Å². The van der Waals surface area contributed by atoms with Crippen molar-refractivity contribution >= 4 is 39.1 Å². The molecule has 1 aromatic rings. The van der Waals surface area contributed by atoms with E-state index in [1.807, 2.05) is 18.2 Å². The number of amidine groups is 1. The van der Waals surface area contributed by atoms with E-state index in [4.69, 9.17) is 17.3 Å². The molecule has 0 heterocycles. The first-order valence-corrected chi connectivity index (χ1v) is 7.13. The molecule has 0 radical (unpaired) electrons. The van der Waals surface area contributed by atoms with Crippen molar-refractivity contribution in [3.05, 3.63) is 27.7 Å². The van der Waals surface area contributed by atoms with E-state index < -0.39 is 0 Å². The third-order valence-electron chi connectivity index (χ3n) is 3.18. The first kappa shape index (κ1) is 12.9. The molecule has 0 aromatic heterocycles. The van der Waals surface area contributed by atoms with Crippen LogP contribution in [0.1, 0.15) is 32.1 Å². The quantitative estimate of drug-likeness (QED) is 0.625. The molecule has 1 aliphatic carbocycles. The topological polar surface area (TPSA) is 38.4 Å². The Morgan fingerprint density at radius 2 is 2.00 bits per heavy atom. The molecule has 0 atom stereocenters. The molecule has 0 bridgehead atoms. The highest BCUT2D eigenvalue weighted by Crippen LogP contribution is 2.29. The van der Waals surface area contributed by atoms with Gasteiger partial charge in [-0.25, -0.2) is 4.99 Å². The van der Waals surface area contributed by atoms with Gasteiger partial charge in [0.15, 0.2) is 0 Å². The Balaban J connectivity index is 2.13. The van der Waals surface area contributed by atoms with Gasteiger partial charge < -0.3 is 5.73 Å². The summed E-state index contributed by atoms with van der Waals surface area (Å²) >= 11 is 9.33. The molecule has 0 spiro atoms. The minimum atomic E-state index is 0.457. The second-order valence-electron chi connectivity index (χ2n) is 4.47. The molecular formula is C13H16BrClN2. The van der Waals surface area contributed by atoms with Crippen molar-refractivity contribution in [2.24, 2.45) is 16.6 Å². The predicted octanol–water partition coefficient (Wildman–Crippen LogP) is 4.67. The highest BCUT2D eigenvalue weighted by atomic mass is 79.9. The van der Waals surface area contributed by atoms with E-state index in [2.05, 4.69) is 20.9 Å². The van der Waals surface area contributed by atoms with E-state index in [9.17, 15) is 0 Å². The molecule has 2 nitrogen and oxygen atoms in total. The fourth-order valence-corrected chi connectivity index (χ4v) is 2.68. The molecule has 1 saturated carbocycles. The van der Waals surface area contributed by atoms with Gasteiger partial charge >= 0.3 is 0 Å². The largest absolute Gasteiger partial charge is 0.387 e. The Kier molecular flexibility index (Phi) is 4.46. The van der Waals surface area contributed by atoms with Gasteiger partial charge in [-0.3, -0.25) is 0 Å². The molecule has 2 rings (SSSR count). The lowest BCUT2D eigenvalue weighted by molar-refractivity contribution is 0.437. The molecule has 1 aliphatic rings. The van der Waals surface area contributed by atoms with Crippen molar-refractivity contribution < 1.29 is 0 Å². The molecule has 92 valence electrons. The van der Waals surface area contributed by atoms with Crippen LogP contribution in [0.5, 0.6) is 0 Å². The van der Waals surface area contributed by atoms with Gasteiger partial charge in [0.25, 0.3) is 0 Å². The number of benzene rings is 1. The van der Waals surface area contributed by atoms with Gasteiger partial charge in [-0.1, -0.05) is 30.9 Å². The van der Waals surface area contributed by atoms with Gasteiger partial charge in [-0.15, -0.1) is 0 Å². The minimum absolute atomic E-state index is 0.457. The zero-order valence-electron chi connectivity index (χ0n) is 9.63. The maximum atomic E-state index is 6.07. The first-order chi connectivity index (χ1) is 8.16. The number of hydrogen-bond acceptors (Lipinski definition) is 1. The second kappa shape index (κ2) is 5.87. The minimum Gasteiger partial charge on any atom is -0.387 e. The Hall–Kier alpha value is -0.540. The van der Waals surface area contributed by atoms with Crippen LogP contribution in [0.25, 0.3) is 0 Å². The van der Waals surface area contributed by atoms with E-state index in [0.717, 1.165) is 16.0 Å². The average Bonchev–Trinajstić information content (AvgIpc) is 2.35. The fraction of sp³-hybridized carbons (Fsp3) is 0.462. The molecule has 4 heteroatoms. The van der Waals surface area contributed by atoms with Gasteiger partial charge in [-0.05, 0) is 47.0 Å². The molecule has 0 saturated heterocycles. The maximum absolute atomic E-state index is 6.07. The van der Waals surface area contributed by atoms with Crippen molar-refractivity contribution in [1.29, 1.82) is 0 Å². The summed E-state index contributed by atoms with van der Waals surface area (Å²) in [5, 5.41) is 0.695. The van der Waals surface area contributed by atoms with Gasteiger partial charge in [-0.2, -0.15) is 0 Å². The van der Waals surface area contributed by atoms with Crippen LogP contribution in [0.2, 0.25) is 5.02 Å². The van der Waals surface area contributed by atoms with Crippen molar-refractivity contribution in [3.63, 3.8) is 0 Å². The zero-order chi connectivity index (χ0) is 12.3. The summed E-state index contributed by atoms with van der Waals surface area (Å²) in [6.45, 7) is 0. The number of aliphatic imine (C=N–C) groups is 1. The van der Waals surface area contributed by atoms with E-state index in [1.165, 1.54) is 32.1 Å². The normalized spacial score (nSPS) is 18.4. The predicted molar refractivity (Wildman–Crippen MR) is 77.0 cm³/mol. The lowest BCUT2D eigenvalue weighted by Gasteiger charge is -2.20. The second-order valence-corrected chi connectivity index (χ2v) is 5.73. The molecule has 0 unspecified atom stereocenters. The average molecular weight is 316 g/mol. The first-order valence-electron chi connectivity index (χ1n) is 5.96. The number of hydrogen-bond donors (Lipinski definition) is 1. The third-order valence-corrected chi connectivity index (χ3v) is 4.40. The highest BCUT2D eigenvalue weighted by Gasteiger charge is 2.16. The van der Waals surface area contributed by atoms with Crippen molar-refractivity contribution in [2.45, 2.75) is 32.1 Å². The molecular weight excluding hydrogens is 300 g/mol. The molecule has 0 amide bonds. The highest BCUT2D eigenvalue weighted by molar-refractivity contribution is 9.10. The number of nitrogens with two attached hydrogens (primary N) is 1. The van der Waals surface area contributed by atoms with Gasteiger partial charge in [0.1, 0.15) is 5.84 Å². The lowest BCUT2D eigenvalue weighted by Crippen LogP contribution is -2.25. The summed E-state index contributed by atoms with van der Waals surface area (Å²) in [6.07, 6.45) is 6.21. The van der Waals surface area contributed by atoms with Crippen molar-refractivity contribution in [1.82, 2.24) is 0 Å². The van der Waals surface area contributed by atoms with E-state index in [-0.39, 0.29) is 0 Å². The van der Waals surface area contributed by atoms with Crippen LogP contribution in [0.15, 0.2) is 27.7 Å². The number of nitrogens with zero attached hydrogens (tertiary/aromatic N) is 1. The van der Waals surface area contributed by atoms with Crippen LogP contribution in [-0.4, -0.2) is 5.84 Å². The van der Waals surface area contributed by atoms with Crippen LogP contribution in [0.4, 0.5) is 5.69 Å².